The van der Waals surface area contributed by atoms with E-state index in [9.17, 15) is 17.3 Å². The van der Waals surface area contributed by atoms with E-state index in [2.05, 4.69) is 84.6 Å². The van der Waals surface area contributed by atoms with Crippen molar-refractivity contribution in [2.24, 2.45) is 0 Å². The van der Waals surface area contributed by atoms with Crippen molar-refractivity contribution in [2.75, 3.05) is 0 Å². The summed E-state index contributed by atoms with van der Waals surface area (Å²) in [4.78, 5) is 0. The van der Waals surface area contributed by atoms with Gasteiger partial charge in [0, 0.05) is 12.0 Å². The molecule has 0 heterocycles. The molecule has 0 spiro atoms. The Morgan fingerprint density at radius 1 is 0.759 bits per heavy atom. The first-order valence-electron chi connectivity index (χ1n) is 9.57. The third-order valence-corrected chi connectivity index (χ3v) is 7.35. The van der Waals surface area contributed by atoms with Crippen LogP contribution in [0.2, 0.25) is 0 Å². The van der Waals surface area contributed by atoms with Gasteiger partial charge in [0.15, 0.2) is 0 Å². The van der Waals surface area contributed by atoms with Crippen LogP contribution in [0, 0.1) is 0 Å². The predicted molar refractivity (Wildman–Crippen MR) is 114 cm³/mol. The molecule has 0 saturated heterocycles. The molecule has 0 aromatic heterocycles. The molecule has 29 heavy (non-hydrogen) atoms. The van der Waals surface area contributed by atoms with E-state index in [0.717, 1.165) is 0 Å². The lowest BCUT2D eigenvalue weighted by Gasteiger charge is -2.28. The van der Waals surface area contributed by atoms with E-state index in [0.29, 0.717) is 6.04 Å². The van der Waals surface area contributed by atoms with Crippen molar-refractivity contribution in [3.63, 3.8) is 0 Å². The minimum Gasteiger partial charge on any atom is -0.418 e. The van der Waals surface area contributed by atoms with E-state index in [4.69, 9.17) is 0 Å². The van der Waals surface area contributed by atoms with E-state index in [1.54, 1.807) is 0 Å². The Bertz CT molecular complexity index is 874. The van der Waals surface area contributed by atoms with Crippen LogP contribution < -0.4 is 21.6 Å². The number of hydrogen-bond donors (Lipinski definition) is 1. The average molecular weight is 419 g/mol. The Morgan fingerprint density at radius 2 is 1.28 bits per heavy atom. The van der Waals surface area contributed by atoms with Gasteiger partial charge in [-0.1, -0.05) is 78.9 Å². The van der Waals surface area contributed by atoms with Gasteiger partial charge in [-0.15, -0.1) is 0 Å². The molecule has 3 aromatic carbocycles. The standard InChI is InChI=1S/C22H22NP.BF4/c23-20-15-7-9-17-10-8-16-21(22(17)20)24(18-11-3-1-4-12-18)19-13-5-2-6-14-19;2-1(3,4)5/h1-6,8,10-14,16,20H,7,9,15,23H2;/q;-1/p+1. The fourth-order valence-electron chi connectivity index (χ4n) is 3.75. The second kappa shape index (κ2) is 9.56. The second-order valence-electron chi connectivity index (χ2n) is 6.94. The Labute approximate surface area is 169 Å². The zero-order chi connectivity index (χ0) is 20.9. The summed E-state index contributed by atoms with van der Waals surface area (Å²) in [5.41, 5.74) is 7.51. The highest BCUT2D eigenvalue weighted by Gasteiger charge is 2.27. The quantitative estimate of drug-likeness (QED) is 0.371. The van der Waals surface area contributed by atoms with Crippen molar-refractivity contribution in [1.82, 2.24) is 0 Å². The second-order valence-corrected chi connectivity index (χ2v) is 9.13. The van der Waals surface area contributed by atoms with Crippen LogP contribution in [-0.2, 0) is 6.42 Å². The molecule has 1 unspecified atom stereocenters. The number of rotatable bonds is 3. The Balaban J connectivity index is 0.000000431. The number of benzene rings is 3. The minimum atomic E-state index is -6.00. The molecular weight excluding hydrogens is 396 g/mol. The van der Waals surface area contributed by atoms with Crippen LogP contribution in [0.1, 0.15) is 30.0 Å². The number of fused-ring (bicyclic) bond motifs is 1. The molecule has 1 aliphatic carbocycles. The van der Waals surface area contributed by atoms with Crippen LogP contribution >= 0.6 is 7.92 Å². The maximum atomic E-state index is 9.75. The van der Waals surface area contributed by atoms with Crippen LogP contribution in [0.3, 0.4) is 0 Å². The van der Waals surface area contributed by atoms with Crippen molar-refractivity contribution in [2.45, 2.75) is 25.3 Å². The third kappa shape index (κ3) is 5.91. The van der Waals surface area contributed by atoms with Crippen molar-refractivity contribution in [3.05, 3.63) is 90.0 Å². The maximum Gasteiger partial charge on any atom is 0.673 e. The Hall–Kier alpha value is -2.17. The van der Waals surface area contributed by atoms with Gasteiger partial charge in [0.2, 0.25) is 0 Å². The van der Waals surface area contributed by atoms with Gasteiger partial charge in [-0.05, 0) is 42.2 Å². The summed E-state index contributed by atoms with van der Waals surface area (Å²) in [5.74, 6) is 0. The van der Waals surface area contributed by atoms with E-state index >= 15 is 0 Å². The van der Waals surface area contributed by atoms with Gasteiger partial charge < -0.3 is 23.0 Å². The summed E-state index contributed by atoms with van der Waals surface area (Å²) in [5, 5.41) is 4.34. The van der Waals surface area contributed by atoms with Gasteiger partial charge in [-0.25, -0.2) is 0 Å². The summed E-state index contributed by atoms with van der Waals surface area (Å²) in [6.45, 7) is 0. The van der Waals surface area contributed by atoms with Crippen LogP contribution in [0.15, 0.2) is 78.9 Å². The molecule has 1 aliphatic rings. The molecule has 152 valence electrons. The van der Waals surface area contributed by atoms with Crippen LogP contribution in [0.5, 0.6) is 0 Å². The number of hydrogen-bond acceptors (Lipinski definition) is 0. The van der Waals surface area contributed by atoms with E-state index < -0.39 is 15.2 Å². The Kier molecular flexibility index (Phi) is 7.10. The third-order valence-electron chi connectivity index (χ3n) is 4.85. The lowest BCUT2D eigenvalue weighted by molar-refractivity contribution is -0.429. The van der Waals surface area contributed by atoms with Gasteiger partial charge in [0.1, 0.15) is 6.04 Å². The highest BCUT2D eigenvalue weighted by Crippen LogP contribution is 2.38. The molecule has 1 atom stereocenters. The predicted octanol–water partition coefficient (Wildman–Crippen LogP) is 4.36. The normalized spacial score (nSPS) is 16.0. The topological polar surface area (TPSA) is 27.6 Å². The zero-order valence-electron chi connectivity index (χ0n) is 15.9. The lowest BCUT2D eigenvalue weighted by Crippen LogP contribution is -2.56. The average Bonchev–Trinajstić information content (AvgIpc) is 2.69. The molecule has 0 fully saturated rings. The largest absolute Gasteiger partial charge is 0.673 e. The van der Waals surface area contributed by atoms with Crippen LogP contribution in [0.25, 0.3) is 0 Å². The molecule has 3 aromatic rings. The summed E-state index contributed by atoms with van der Waals surface area (Å²) in [7, 11) is -6.53. The monoisotopic (exact) mass is 419 g/mol. The van der Waals surface area contributed by atoms with Gasteiger partial charge in [0.25, 0.3) is 0 Å². The zero-order valence-corrected chi connectivity index (χ0v) is 16.8. The van der Waals surface area contributed by atoms with Gasteiger partial charge in [-0.3, -0.25) is 0 Å². The lowest BCUT2D eigenvalue weighted by atomic mass is 9.88. The molecular formula is C22H23BF4NP. The molecule has 0 bridgehead atoms. The van der Waals surface area contributed by atoms with E-state index in [-0.39, 0.29) is 0 Å². The smallest absolute Gasteiger partial charge is 0.418 e. The number of aryl methyl sites for hydroxylation is 1. The van der Waals surface area contributed by atoms with Crippen molar-refractivity contribution in [3.8, 4) is 0 Å². The number of quaternary nitrogens is 1. The summed E-state index contributed by atoms with van der Waals surface area (Å²) < 4.78 is 39.0. The molecule has 4 rings (SSSR count). The molecule has 0 radical (unpaired) electrons. The van der Waals surface area contributed by atoms with Crippen molar-refractivity contribution < 1.29 is 23.0 Å². The maximum absolute atomic E-state index is 9.75. The van der Waals surface area contributed by atoms with Gasteiger partial charge >= 0.3 is 7.25 Å². The number of halogens is 4. The first-order valence-corrected chi connectivity index (χ1v) is 10.9. The fourth-order valence-corrected chi connectivity index (χ4v) is 6.35. The SMILES string of the molecule is F[B-](F)(F)F.[NH3+]C1CCCc2cccc(P(c3ccccc3)c3ccccc3)c21. The van der Waals surface area contributed by atoms with Crippen LogP contribution in [0.4, 0.5) is 17.3 Å². The van der Waals surface area contributed by atoms with Gasteiger partial charge in [-0.2, -0.15) is 0 Å². The summed E-state index contributed by atoms with van der Waals surface area (Å²) in [6, 6.07) is 29.3. The van der Waals surface area contributed by atoms with E-state index in [1.807, 2.05) is 0 Å². The van der Waals surface area contributed by atoms with Crippen molar-refractivity contribution in [1.29, 1.82) is 0 Å². The molecule has 0 amide bonds. The highest BCUT2D eigenvalue weighted by molar-refractivity contribution is 7.79. The van der Waals surface area contributed by atoms with Crippen molar-refractivity contribution >= 4 is 31.1 Å². The fraction of sp³-hybridized carbons (Fsp3) is 0.182. The highest BCUT2D eigenvalue weighted by atomic mass is 31.1. The van der Waals surface area contributed by atoms with Gasteiger partial charge in [0.05, 0.1) is 0 Å². The first-order chi connectivity index (χ1) is 13.8. The Morgan fingerprint density at radius 3 is 1.79 bits per heavy atom. The van der Waals surface area contributed by atoms with E-state index in [1.165, 1.54) is 46.3 Å². The molecule has 7 heteroatoms. The van der Waals surface area contributed by atoms with Crippen LogP contribution in [-0.4, -0.2) is 7.25 Å². The summed E-state index contributed by atoms with van der Waals surface area (Å²) >= 11 is 0. The minimum absolute atomic E-state index is 0.419. The first kappa shape index (κ1) is 21.5. The molecule has 1 nitrogen and oxygen atoms in total. The molecule has 3 N–H and O–H groups in total. The molecule has 0 saturated carbocycles. The molecule has 0 aliphatic heterocycles. The summed E-state index contributed by atoms with van der Waals surface area (Å²) in [6.07, 6.45) is 3.66.